The van der Waals surface area contributed by atoms with Crippen LogP contribution in [0.25, 0.3) is 0 Å². The maximum atomic E-state index is 12.1. The van der Waals surface area contributed by atoms with Gasteiger partial charge in [0.05, 0.1) is 5.75 Å². The average molecular weight is 262 g/mol. The summed E-state index contributed by atoms with van der Waals surface area (Å²) >= 11 is 0. The van der Waals surface area contributed by atoms with E-state index < -0.39 is 16.1 Å². The van der Waals surface area contributed by atoms with Crippen molar-refractivity contribution in [3.8, 4) is 0 Å². The molecule has 1 amide bonds. The van der Waals surface area contributed by atoms with Crippen LogP contribution in [0.15, 0.2) is 0 Å². The molecule has 0 aliphatic carbocycles. The molecule has 1 atom stereocenters. The van der Waals surface area contributed by atoms with Crippen molar-refractivity contribution in [2.45, 2.75) is 39.2 Å². The molecule has 1 rings (SSSR count). The summed E-state index contributed by atoms with van der Waals surface area (Å²) in [6.45, 7) is 4.81. The zero-order valence-corrected chi connectivity index (χ0v) is 11.7. The zero-order valence-electron chi connectivity index (χ0n) is 10.8. The number of rotatable bonds is 5. The van der Waals surface area contributed by atoms with Crippen molar-refractivity contribution in [2.24, 2.45) is 0 Å². The normalized spacial score (nSPS) is 21.7. The van der Waals surface area contributed by atoms with Crippen LogP contribution in [-0.2, 0) is 14.8 Å². The van der Waals surface area contributed by atoms with Crippen LogP contribution in [0.4, 0.5) is 0 Å². The minimum absolute atomic E-state index is 0.0790. The van der Waals surface area contributed by atoms with E-state index >= 15 is 0 Å². The van der Waals surface area contributed by atoms with E-state index in [1.807, 2.05) is 13.8 Å². The molecular formula is C11H22N2O3S. The van der Waals surface area contributed by atoms with Crippen LogP contribution < -0.4 is 0 Å². The highest BCUT2D eigenvalue weighted by atomic mass is 32.2. The molecule has 1 saturated heterocycles. The van der Waals surface area contributed by atoms with Crippen LogP contribution in [0.2, 0.25) is 0 Å². The van der Waals surface area contributed by atoms with Gasteiger partial charge in [-0.25, -0.2) is 8.42 Å². The van der Waals surface area contributed by atoms with Crippen molar-refractivity contribution in [2.75, 3.05) is 25.9 Å². The largest absolute Gasteiger partial charge is 0.345 e. The van der Waals surface area contributed by atoms with Crippen molar-refractivity contribution in [1.82, 2.24) is 9.21 Å². The molecule has 0 bridgehead atoms. The summed E-state index contributed by atoms with van der Waals surface area (Å²) in [4.78, 5) is 13.6. The van der Waals surface area contributed by atoms with Gasteiger partial charge >= 0.3 is 0 Å². The van der Waals surface area contributed by atoms with Crippen molar-refractivity contribution in [3.05, 3.63) is 0 Å². The van der Waals surface area contributed by atoms with Gasteiger partial charge in [0, 0.05) is 20.1 Å². The van der Waals surface area contributed by atoms with E-state index in [-0.39, 0.29) is 11.7 Å². The van der Waals surface area contributed by atoms with Crippen LogP contribution in [-0.4, -0.2) is 55.5 Å². The van der Waals surface area contributed by atoms with E-state index in [1.54, 1.807) is 11.9 Å². The number of hydrogen-bond acceptors (Lipinski definition) is 3. The van der Waals surface area contributed by atoms with Crippen LogP contribution in [0, 0.1) is 0 Å². The number of carbonyl (C=O) groups is 1. The van der Waals surface area contributed by atoms with Crippen molar-refractivity contribution < 1.29 is 13.2 Å². The van der Waals surface area contributed by atoms with Crippen molar-refractivity contribution in [3.63, 3.8) is 0 Å². The smallest absolute Gasteiger partial charge is 0.240 e. The lowest BCUT2D eigenvalue weighted by molar-refractivity contribution is -0.133. The molecule has 0 radical (unpaired) electrons. The second-order valence-electron chi connectivity index (χ2n) is 4.44. The maximum absolute atomic E-state index is 12.1. The molecule has 0 aromatic rings. The zero-order chi connectivity index (χ0) is 13.1. The minimum atomic E-state index is -3.26. The van der Waals surface area contributed by atoms with Crippen molar-refractivity contribution in [1.29, 1.82) is 0 Å². The highest BCUT2D eigenvalue weighted by Crippen LogP contribution is 2.23. The Hall–Kier alpha value is -0.620. The first-order chi connectivity index (χ1) is 7.94. The summed E-state index contributed by atoms with van der Waals surface area (Å²) in [5, 5.41) is 0. The highest BCUT2D eigenvalue weighted by molar-refractivity contribution is 7.89. The van der Waals surface area contributed by atoms with Gasteiger partial charge in [-0.3, -0.25) is 4.79 Å². The predicted octanol–water partition coefficient (Wildman–Crippen LogP) is 0.669. The first-order valence-electron chi connectivity index (χ1n) is 6.18. The van der Waals surface area contributed by atoms with E-state index in [4.69, 9.17) is 0 Å². The van der Waals surface area contributed by atoms with E-state index in [9.17, 15) is 13.2 Å². The predicted molar refractivity (Wildman–Crippen MR) is 67.1 cm³/mol. The Balaban J connectivity index is 2.83. The first kappa shape index (κ1) is 14.4. The molecule has 0 saturated carbocycles. The summed E-state index contributed by atoms with van der Waals surface area (Å²) < 4.78 is 25.4. The number of amides is 1. The third-order valence-electron chi connectivity index (χ3n) is 3.16. The van der Waals surface area contributed by atoms with Gasteiger partial charge in [-0.15, -0.1) is 0 Å². The SMILES string of the molecule is CCCS(=O)(=O)N1CCCC1C(=O)N(C)CC. The second kappa shape index (κ2) is 5.82. The molecule has 1 unspecified atom stereocenters. The first-order valence-corrected chi connectivity index (χ1v) is 7.79. The number of carbonyl (C=O) groups excluding carboxylic acids is 1. The van der Waals surface area contributed by atoms with Gasteiger partial charge in [0.25, 0.3) is 0 Å². The fourth-order valence-corrected chi connectivity index (χ4v) is 3.85. The van der Waals surface area contributed by atoms with Crippen LogP contribution in [0.5, 0.6) is 0 Å². The van der Waals surface area contributed by atoms with Crippen molar-refractivity contribution >= 4 is 15.9 Å². The molecule has 1 aliphatic rings. The molecule has 1 fully saturated rings. The molecule has 0 spiro atoms. The number of hydrogen-bond donors (Lipinski definition) is 0. The van der Waals surface area contributed by atoms with Gasteiger partial charge in [0.1, 0.15) is 6.04 Å². The number of sulfonamides is 1. The molecule has 100 valence electrons. The standard InChI is InChI=1S/C11H22N2O3S/c1-4-9-17(15,16)13-8-6-7-10(13)11(14)12(3)5-2/h10H,4-9H2,1-3H3. The third kappa shape index (κ3) is 3.19. The molecule has 17 heavy (non-hydrogen) atoms. The van der Waals surface area contributed by atoms with Crippen LogP contribution in [0.1, 0.15) is 33.1 Å². The minimum Gasteiger partial charge on any atom is -0.345 e. The Bertz CT molecular complexity index is 367. The Labute approximate surface area is 104 Å². The molecule has 0 N–H and O–H groups in total. The molecule has 0 aromatic heterocycles. The molecular weight excluding hydrogens is 240 g/mol. The third-order valence-corrected chi connectivity index (χ3v) is 5.23. The van der Waals surface area contributed by atoms with Gasteiger partial charge < -0.3 is 4.90 Å². The number of nitrogens with zero attached hydrogens (tertiary/aromatic N) is 2. The monoisotopic (exact) mass is 262 g/mol. The summed E-state index contributed by atoms with van der Waals surface area (Å²) in [7, 11) is -1.55. The van der Waals surface area contributed by atoms with Gasteiger partial charge in [0.2, 0.25) is 15.9 Å². The molecule has 0 aromatic carbocycles. The maximum Gasteiger partial charge on any atom is 0.240 e. The molecule has 1 aliphatic heterocycles. The summed E-state index contributed by atoms with van der Waals surface area (Å²) in [6.07, 6.45) is 2.01. The summed E-state index contributed by atoms with van der Waals surface area (Å²) in [5.41, 5.74) is 0. The lowest BCUT2D eigenvalue weighted by Crippen LogP contribution is -2.47. The van der Waals surface area contributed by atoms with Gasteiger partial charge in [-0.05, 0) is 26.2 Å². The Morgan fingerprint density at radius 3 is 2.59 bits per heavy atom. The van der Waals surface area contributed by atoms with E-state index in [0.29, 0.717) is 25.9 Å². The van der Waals surface area contributed by atoms with Gasteiger partial charge in [-0.2, -0.15) is 4.31 Å². The Morgan fingerprint density at radius 1 is 1.41 bits per heavy atom. The lowest BCUT2D eigenvalue weighted by atomic mass is 10.2. The van der Waals surface area contributed by atoms with Gasteiger partial charge in [-0.1, -0.05) is 6.92 Å². The van der Waals surface area contributed by atoms with Crippen LogP contribution >= 0.6 is 0 Å². The topological polar surface area (TPSA) is 57.7 Å². The fraction of sp³-hybridized carbons (Fsp3) is 0.909. The Morgan fingerprint density at radius 2 is 2.06 bits per heavy atom. The number of likely N-dealkylation sites (N-methyl/N-ethyl adjacent to an activating group) is 1. The fourth-order valence-electron chi connectivity index (χ4n) is 2.11. The average Bonchev–Trinajstić information content (AvgIpc) is 2.76. The van der Waals surface area contributed by atoms with E-state index in [1.165, 1.54) is 4.31 Å². The highest BCUT2D eigenvalue weighted by Gasteiger charge is 2.38. The lowest BCUT2D eigenvalue weighted by Gasteiger charge is -2.26. The van der Waals surface area contributed by atoms with Gasteiger partial charge in [0.15, 0.2) is 0 Å². The summed E-state index contributed by atoms with van der Waals surface area (Å²) in [5.74, 6) is 0.0526. The van der Waals surface area contributed by atoms with Crippen LogP contribution in [0.3, 0.4) is 0 Å². The Kier molecular flexibility index (Phi) is 4.94. The molecule has 6 heteroatoms. The van der Waals surface area contributed by atoms with E-state index in [0.717, 1.165) is 6.42 Å². The summed E-state index contributed by atoms with van der Waals surface area (Å²) in [6, 6.07) is -0.475. The second-order valence-corrected chi connectivity index (χ2v) is 6.48. The quantitative estimate of drug-likeness (QED) is 0.731. The van der Waals surface area contributed by atoms with E-state index in [2.05, 4.69) is 0 Å². The molecule has 5 nitrogen and oxygen atoms in total. The molecule has 1 heterocycles.